The van der Waals surface area contributed by atoms with Gasteiger partial charge >= 0.3 is 0 Å². The second-order valence-electron chi connectivity index (χ2n) is 4.81. The molecule has 0 amide bonds. The molecule has 2 heterocycles. The van der Waals surface area contributed by atoms with Crippen LogP contribution in [0.1, 0.15) is 16.7 Å². The van der Waals surface area contributed by atoms with E-state index in [0.29, 0.717) is 18.0 Å². The molecule has 1 aromatic heterocycles. The summed E-state index contributed by atoms with van der Waals surface area (Å²) >= 11 is 0. The van der Waals surface area contributed by atoms with Crippen LogP contribution in [0.4, 0.5) is 5.82 Å². The molecular weight excluding hydrogens is 252 g/mol. The standard InChI is InChI=1S/C15H14N4O/c1-9-5-11(8-16)6-10(2)14(9)12-7-13-15(19-18-12)17-3-4-20-13/h5-7H,3-4H2,1-2H3,(H,17,19). The molecule has 1 N–H and O–H groups in total. The number of ether oxygens (including phenoxy) is 1. The lowest BCUT2D eigenvalue weighted by molar-refractivity contribution is 0.320. The number of fused-ring (bicyclic) bond motifs is 1. The molecule has 0 saturated heterocycles. The Morgan fingerprint density at radius 2 is 1.95 bits per heavy atom. The van der Waals surface area contributed by atoms with E-state index in [0.717, 1.165) is 34.7 Å². The molecule has 100 valence electrons. The molecule has 1 aliphatic heterocycles. The van der Waals surface area contributed by atoms with Crippen molar-refractivity contribution in [1.82, 2.24) is 10.2 Å². The first-order valence-electron chi connectivity index (χ1n) is 6.45. The largest absolute Gasteiger partial charge is 0.488 e. The number of benzene rings is 1. The number of hydrogen-bond acceptors (Lipinski definition) is 5. The average Bonchev–Trinajstić information content (AvgIpc) is 2.46. The Morgan fingerprint density at radius 3 is 2.65 bits per heavy atom. The second kappa shape index (κ2) is 4.82. The summed E-state index contributed by atoms with van der Waals surface area (Å²) in [6.07, 6.45) is 0. The van der Waals surface area contributed by atoms with Gasteiger partial charge in [-0.25, -0.2) is 0 Å². The number of rotatable bonds is 1. The summed E-state index contributed by atoms with van der Waals surface area (Å²) in [5.74, 6) is 1.41. The fraction of sp³-hybridized carbons (Fsp3) is 0.267. The quantitative estimate of drug-likeness (QED) is 0.858. The molecule has 20 heavy (non-hydrogen) atoms. The lowest BCUT2D eigenvalue weighted by Crippen LogP contribution is -2.19. The van der Waals surface area contributed by atoms with E-state index in [1.165, 1.54) is 0 Å². The summed E-state index contributed by atoms with van der Waals surface area (Å²) < 4.78 is 5.59. The van der Waals surface area contributed by atoms with Crippen LogP contribution in [-0.4, -0.2) is 23.3 Å². The maximum absolute atomic E-state index is 9.00. The monoisotopic (exact) mass is 266 g/mol. The Bertz CT molecular complexity index is 695. The number of nitrogens with zero attached hydrogens (tertiary/aromatic N) is 3. The normalized spacial score (nSPS) is 12.8. The van der Waals surface area contributed by atoms with Crippen molar-refractivity contribution in [3.05, 3.63) is 34.9 Å². The summed E-state index contributed by atoms with van der Waals surface area (Å²) in [6.45, 7) is 5.33. The fourth-order valence-electron chi connectivity index (χ4n) is 2.49. The Morgan fingerprint density at radius 1 is 1.20 bits per heavy atom. The SMILES string of the molecule is Cc1cc(C#N)cc(C)c1-c1cc2c(nn1)NCCO2. The van der Waals surface area contributed by atoms with Gasteiger partial charge in [0, 0.05) is 11.6 Å². The van der Waals surface area contributed by atoms with E-state index < -0.39 is 0 Å². The third-order valence-electron chi connectivity index (χ3n) is 3.33. The number of nitriles is 1. The molecule has 0 bridgehead atoms. The van der Waals surface area contributed by atoms with E-state index in [4.69, 9.17) is 10.00 Å². The van der Waals surface area contributed by atoms with Crippen LogP contribution in [0.25, 0.3) is 11.3 Å². The first-order chi connectivity index (χ1) is 9.69. The molecule has 0 fully saturated rings. The van der Waals surface area contributed by atoms with Crippen molar-refractivity contribution in [2.45, 2.75) is 13.8 Å². The highest BCUT2D eigenvalue weighted by Gasteiger charge is 2.16. The minimum absolute atomic E-state index is 0.628. The maximum atomic E-state index is 9.00. The summed E-state index contributed by atoms with van der Waals surface area (Å²) in [5, 5.41) is 20.6. The second-order valence-corrected chi connectivity index (χ2v) is 4.81. The zero-order valence-electron chi connectivity index (χ0n) is 11.4. The minimum atomic E-state index is 0.628. The highest BCUT2D eigenvalue weighted by atomic mass is 16.5. The van der Waals surface area contributed by atoms with Gasteiger partial charge < -0.3 is 10.1 Å². The smallest absolute Gasteiger partial charge is 0.191 e. The Hall–Kier alpha value is -2.61. The van der Waals surface area contributed by atoms with E-state index in [9.17, 15) is 0 Å². The molecule has 0 unspecified atom stereocenters. The van der Waals surface area contributed by atoms with Crippen molar-refractivity contribution >= 4 is 5.82 Å². The van der Waals surface area contributed by atoms with E-state index in [2.05, 4.69) is 21.6 Å². The number of aromatic nitrogens is 2. The van der Waals surface area contributed by atoms with Gasteiger partial charge in [-0.3, -0.25) is 0 Å². The summed E-state index contributed by atoms with van der Waals surface area (Å²) in [5.41, 5.74) is 4.46. The van der Waals surface area contributed by atoms with Crippen molar-refractivity contribution in [3.63, 3.8) is 0 Å². The van der Waals surface area contributed by atoms with Gasteiger partial charge in [0.15, 0.2) is 11.6 Å². The molecule has 3 rings (SSSR count). The third-order valence-corrected chi connectivity index (χ3v) is 3.33. The Kier molecular flexibility index (Phi) is 2.99. The predicted molar refractivity (Wildman–Crippen MR) is 75.6 cm³/mol. The minimum Gasteiger partial charge on any atom is -0.488 e. The van der Waals surface area contributed by atoms with Crippen molar-refractivity contribution in [2.24, 2.45) is 0 Å². The van der Waals surface area contributed by atoms with E-state index in [1.807, 2.05) is 32.0 Å². The van der Waals surface area contributed by atoms with E-state index >= 15 is 0 Å². The molecule has 0 atom stereocenters. The lowest BCUT2D eigenvalue weighted by atomic mass is 9.97. The van der Waals surface area contributed by atoms with Crippen molar-refractivity contribution in [3.8, 4) is 23.1 Å². The highest BCUT2D eigenvalue weighted by molar-refractivity contribution is 5.71. The molecule has 0 spiro atoms. The molecule has 0 saturated carbocycles. The molecule has 5 nitrogen and oxygen atoms in total. The van der Waals surface area contributed by atoms with Gasteiger partial charge in [-0.2, -0.15) is 5.26 Å². The van der Waals surface area contributed by atoms with Crippen LogP contribution in [0.5, 0.6) is 5.75 Å². The van der Waals surface area contributed by atoms with Gasteiger partial charge in [0.25, 0.3) is 0 Å². The summed E-state index contributed by atoms with van der Waals surface area (Å²) in [7, 11) is 0. The van der Waals surface area contributed by atoms with Gasteiger partial charge in [0.05, 0.1) is 23.9 Å². The summed E-state index contributed by atoms with van der Waals surface area (Å²) in [6, 6.07) is 7.79. The van der Waals surface area contributed by atoms with Gasteiger partial charge in [0.2, 0.25) is 0 Å². The molecule has 1 aliphatic rings. The van der Waals surface area contributed by atoms with Crippen molar-refractivity contribution in [2.75, 3.05) is 18.5 Å². The number of anilines is 1. The van der Waals surface area contributed by atoms with E-state index in [-0.39, 0.29) is 0 Å². The summed E-state index contributed by atoms with van der Waals surface area (Å²) in [4.78, 5) is 0. The topological polar surface area (TPSA) is 70.8 Å². The zero-order valence-corrected chi connectivity index (χ0v) is 11.4. The first kappa shape index (κ1) is 12.4. The molecule has 1 aromatic carbocycles. The third kappa shape index (κ3) is 2.05. The Balaban J connectivity index is 2.12. The van der Waals surface area contributed by atoms with Crippen LogP contribution in [0, 0.1) is 25.2 Å². The maximum Gasteiger partial charge on any atom is 0.191 e. The zero-order chi connectivity index (χ0) is 14.1. The molecule has 0 radical (unpaired) electrons. The van der Waals surface area contributed by atoms with Gasteiger partial charge in [-0.15, -0.1) is 10.2 Å². The van der Waals surface area contributed by atoms with Gasteiger partial charge in [0.1, 0.15) is 6.61 Å². The van der Waals surface area contributed by atoms with Crippen LogP contribution >= 0.6 is 0 Å². The van der Waals surface area contributed by atoms with Crippen LogP contribution in [0.3, 0.4) is 0 Å². The van der Waals surface area contributed by atoms with Crippen molar-refractivity contribution < 1.29 is 4.74 Å². The number of aryl methyl sites for hydroxylation is 2. The predicted octanol–water partition coefficient (Wildman–Crippen LogP) is 2.44. The Labute approximate surface area is 117 Å². The average molecular weight is 266 g/mol. The number of hydrogen-bond donors (Lipinski definition) is 1. The van der Waals surface area contributed by atoms with E-state index in [1.54, 1.807) is 0 Å². The van der Waals surface area contributed by atoms with Crippen LogP contribution in [0.15, 0.2) is 18.2 Å². The fourth-order valence-corrected chi connectivity index (χ4v) is 2.49. The molecular formula is C15H14N4O. The highest BCUT2D eigenvalue weighted by Crippen LogP contribution is 2.32. The van der Waals surface area contributed by atoms with Gasteiger partial charge in [-0.1, -0.05) is 0 Å². The number of nitrogens with one attached hydrogen (secondary N) is 1. The molecule has 5 heteroatoms. The van der Waals surface area contributed by atoms with Crippen LogP contribution in [0.2, 0.25) is 0 Å². The molecule has 2 aromatic rings. The van der Waals surface area contributed by atoms with Gasteiger partial charge in [-0.05, 0) is 37.1 Å². The first-order valence-corrected chi connectivity index (χ1v) is 6.45. The van der Waals surface area contributed by atoms with Crippen LogP contribution < -0.4 is 10.1 Å². The molecule has 0 aliphatic carbocycles. The van der Waals surface area contributed by atoms with Crippen molar-refractivity contribution in [1.29, 1.82) is 5.26 Å². The lowest BCUT2D eigenvalue weighted by Gasteiger charge is -2.18. The van der Waals surface area contributed by atoms with Crippen LogP contribution in [-0.2, 0) is 0 Å².